The molecule has 1 aromatic heterocycles. The quantitative estimate of drug-likeness (QED) is 0.661. The number of benzene rings is 1. The molecule has 1 N–H and O–H groups in total. The van der Waals surface area contributed by atoms with E-state index < -0.39 is 12.6 Å². The van der Waals surface area contributed by atoms with E-state index in [2.05, 4.69) is 4.98 Å². The van der Waals surface area contributed by atoms with Crippen LogP contribution in [0.3, 0.4) is 0 Å². The van der Waals surface area contributed by atoms with E-state index in [0.29, 0.717) is 26.2 Å². The van der Waals surface area contributed by atoms with Crippen molar-refractivity contribution in [2.24, 2.45) is 0 Å². The third-order valence-corrected chi connectivity index (χ3v) is 3.44. The van der Waals surface area contributed by atoms with Crippen molar-refractivity contribution in [2.75, 3.05) is 0 Å². The second kappa shape index (κ2) is 5.41. The average molecular weight is 307 g/mol. The zero-order valence-corrected chi connectivity index (χ0v) is 11.2. The van der Waals surface area contributed by atoms with Gasteiger partial charge in [0.25, 0.3) is 0 Å². The van der Waals surface area contributed by atoms with Crippen LogP contribution in [0.1, 0.15) is 5.56 Å². The lowest BCUT2D eigenvalue weighted by Gasteiger charge is -2.08. The second-order valence-electron chi connectivity index (χ2n) is 3.58. The number of aromatic nitrogens is 1. The average Bonchev–Trinajstić information content (AvgIpc) is 2.35. The lowest BCUT2D eigenvalue weighted by molar-refractivity contribution is 0.274. The number of hydrogen-bond acceptors (Lipinski definition) is 2. The highest BCUT2D eigenvalue weighted by atomic mass is 35.5. The van der Waals surface area contributed by atoms with Gasteiger partial charge >= 0.3 is 0 Å². The number of nitrogens with zero attached hydrogens (tertiary/aromatic N) is 1. The van der Waals surface area contributed by atoms with E-state index in [1.54, 1.807) is 6.07 Å². The number of aliphatic hydroxyl groups excluding tert-OH is 1. The van der Waals surface area contributed by atoms with Crippen molar-refractivity contribution in [1.29, 1.82) is 0 Å². The first-order chi connectivity index (χ1) is 8.52. The highest BCUT2D eigenvalue weighted by Gasteiger charge is 2.11. The third-order valence-electron chi connectivity index (χ3n) is 2.40. The maximum atomic E-state index is 13.2. The lowest BCUT2D eigenvalue weighted by Crippen LogP contribution is -1.95. The first-order valence-corrected chi connectivity index (χ1v) is 6.06. The summed E-state index contributed by atoms with van der Waals surface area (Å²) >= 11 is 17.8. The van der Waals surface area contributed by atoms with E-state index >= 15 is 0 Å². The molecule has 0 fully saturated rings. The molecule has 0 saturated carbocycles. The molecule has 0 radical (unpaired) electrons. The monoisotopic (exact) mass is 305 g/mol. The summed E-state index contributed by atoms with van der Waals surface area (Å²) in [5, 5.41) is 10.0. The Morgan fingerprint density at radius 2 is 1.72 bits per heavy atom. The van der Waals surface area contributed by atoms with Crippen LogP contribution in [0.5, 0.6) is 0 Å². The highest BCUT2D eigenvalue weighted by molar-refractivity contribution is 6.44. The molecule has 0 aliphatic carbocycles. The van der Waals surface area contributed by atoms with E-state index in [0.717, 1.165) is 0 Å². The molecule has 0 aliphatic heterocycles. The maximum absolute atomic E-state index is 13.2. The van der Waals surface area contributed by atoms with Crippen molar-refractivity contribution in [3.8, 4) is 11.1 Å². The van der Waals surface area contributed by atoms with Crippen molar-refractivity contribution in [3.05, 3.63) is 51.0 Å². The van der Waals surface area contributed by atoms with E-state index in [4.69, 9.17) is 39.9 Å². The minimum Gasteiger partial charge on any atom is -0.392 e. The highest BCUT2D eigenvalue weighted by Crippen LogP contribution is 2.35. The minimum absolute atomic E-state index is 0.0923. The van der Waals surface area contributed by atoms with Crippen LogP contribution in [0.25, 0.3) is 11.1 Å². The standard InChI is InChI=1S/C12H7Cl3FNO/c13-9-3-11(15)10(14)2-8(9)6-1-7(5-18)12(16)17-4-6/h1-4,18H,5H2. The molecule has 0 saturated heterocycles. The van der Waals surface area contributed by atoms with Gasteiger partial charge in [0.15, 0.2) is 0 Å². The third kappa shape index (κ3) is 2.59. The van der Waals surface area contributed by atoms with Gasteiger partial charge in [-0.25, -0.2) is 4.98 Å². The van der Waals surface area contributed by atoms with E-state index in [9.17, 15) is 4.39 Å². The molecule has 1 aromatic carbocycles. The summed E-state index contributed by atoms with van der Waals surface area (Å²) < 4.78 is 13.2. The molecule has 2 nitrogen and oxygen atoms in total. The van der Waals surface area contributed by atoms with Gasteiger partial charge in [-0.1, -0.05) is 34.8 Å². The summed E-state index contributed by atoms with van der Waals surface area (Å²) in [6, 6.07) is 4.54. The maximum Gasteiger partial charge on any atom is 0.218 e. The van der Waals surface area contributed by atoms with E-state index in [-0.39, 0.29) is 5.56 Å². The minimum atomic E-state index is -0.711. The number of hydrogen-bond donors (Lipinski definition) is 1. The molecule has 6 heteroatoms. The van der Waals surface area contributed by atoms with Crippen molar-refractivity contribution >= 4 is 34.8 Å². The number of rotatable bonds is 2. The Bertz CT molecular complexity index is 604. The SMILES string of the molecule is OCc1cc(-c2cc(Cl)c(Cl)cc2Cl)cnc1F. The van der Waals surface area contributed by atoms with Gasteiger partial charge in [0, 0.05) is 22.9 Å². The van der Waals surface area contributed by atoms with Crippen LogP contribution in [0.4, 0.5) is 4.39 Å². The van der Waals surface area contributed by atoms with Crippen LogP contribution in [-0.2, 0) is 6.61 Å². The molecule has 0 atom stereocenters. The Labute approximate surface area is 118 Å². The Balaban J connectivity index is 2.58. The second-order valence-corrected chi connectivity index (χ2v) is 4.80. The van der Waals surface area contributed by atoms with Gasteiger partial charge in [-0.3, -0.25) is 0 Å². The van der Waals surface area contributed by atoms with Gasteiger partial charge in [-0.05, 0) is 18.2 Å². The van der Waals surface area contributed by atoms with Crippen molar-refractivity contribution in [1.82, 2.24) is 4.98 Å². The zero-order chi connectivity index (χ0) is 13.3. The number of aliphatic hydroxyl groups is 1. The van der Waals surface area contributed by atoms with E-state index in [1.807, 2.05) is 0 Å². The fourth-order valence-electron chi connectivity index (χ4n) is 1.50. The predicted molar refractivity (Wildman–Crippen MR) is 70.6 cm³/mol. The molecule has 0 spiro atoms. The van der Waals surface area contributed by atoms with E-state index in [1.165, 1.54) is 18.3 Å². The Hall–Kier alpha value is -0.870. The van der Waals surface area contributed by atoms with Gasteiger partial charge in [-0.15, -0.1) is 0 Å². The molecule has 18 heavy (non-hydrogen) atoms. The Morgan fingerprint density at radius 1 is 1.06 bits per heavy atom. The summed E-state index contributed by atoms with van der Waals surface area (Å²) in [5.74, 6) is -0.711. The van der Waals surface area contributed by atoms with Crippen molar-refractivity contribution in [3.63, 3.8) is 0 Å². The lowest BCUT2D eigenvalue weighted by atomic mass is 10.1. The topological polar surface area (TPSA) is 33.1 Å². The molecule has 0 aliphatic rings. The summed E-state index contributed by atoms with van der Waals surface area (Å²) in [4.78, 5) is 3.56. The van der Waals surface area contributed by atoms with Crippen LogP contribution in [0.15, 0.2) is 24.4 Å². The Morgan fingerprint density at radius 3 is 2.39 bits per heavy atom. The predicted octanol–water partition coefficient (Wildman–Crippen LogP) is 4.34. The van der Waals surface area contributed by atoms with Crippen molar-refractivity contribution < 1.29 is 9.50 Å². The Kier molecular flexibility index (Phi) is 4.07. The normalized spacial score (nSPS) is 10.7. The first-order valence-electron chi connectivity index (χ1n) is 4.93. The van der Waals surface area contributed by atoms with Crippen molar-refractivity contribution in [2.45, 2.75) is 6.61 Å². The number of halogens is 4. The van der Waals surface area contributed by atoms with Crippen LogP contribution in [0, 0.1) is 5.95 Å². The van der Waals surface area contributed by atoms with Gasteiger partial charge in [0.1, 0.15) is 0 Å². The molecule has 0 bridgehead atoms. The van der Waals surface area contributed by atoms with Gasteiger partial charge < -0.3 is 5.11 Å². The molecule has 0 unspecified atom stereocenters. The van der Waals surface area contributed by atoms with Crippen LogP contribution in [0.2, 0.25) is 15.1 Å². The summed E-state index contributed by atoms with van der Waals surface area (Å²) in [6.07, 6.45) is 1.32. The van der Waals surface area contributed by atoms with Crippen LogP contribution in [-0.4, -0.2) is 10.1 Å². The first kappa shape index (κ1) is 13.6. The van der Waals surface area contributed by atoms with Crippen LogP contribution < -0.4 is 0 Å². The number of pyridine rings is 1. The van der Waals surface area contributed by atoms with Gasteiger partial charge in [-0.2, -0.15) is 4.39 Å². The molecule has 0 amide bonds. The fourth-order valence-corrected chi connectivity index (χ4v) is 2.15. The summed E-state index contributed by atoms with van der Waals surface area (Å²) in [5.41, 5.74) is 1.23. The fraction of sp³-hybridized carbons (Fsp3) is 0.0833. The van der Waals surface area contributed by atoms with Crippen LogP contribution >= 0.6 is 34.8 Å². The molecule has 1 heterocycles. The molecular weight excluding hydrogens is 299 g/mol. The molecular formula is C12H7Cl3FNO. The molecule has 2 aromatic rings. The molecule has 2 rings (SSSR count). The van der Waals surface area contributed by atoms with Gasteiger partial charge in [0.05, 0.1) is 21.7 Å². The van der Waals surface area contributed by atoms with Gasteiger partial charge in [0.2, 0.25) is 5.95 Å². The zero-order valence-electron chi connectivity index (χ0n) is 8.92. The smallest absolute Gasteiger partial charge is 0.218 e. The largest absolute Gasteiger partial charge is 0.392 e. The summed E-state index contributed by atoms with van der Waals surface area (Å²) in [6.45, 7) is -0.439. The summed E-state index contributed by atoms with van der Waals surface area (Å²) in [7, 11) is 0. The molecule has 94 valence electrons.